The van der Waals surface area contributed by atoms with Gasteiger partial charge in [0.25, 0.3) is 0 Å². The number of fused-ring (bicyclic) bond motifs is 5. The zero-order chi connectivity index (χ0) is 24.0. The highest BCUT2D eigenvalue weighted by Gasteiger charge is 2.63. The van der Waals surface area contributed by atoms with Gasteiger partial charge in [-0.05, 0) is 97.7 Å². The van der Waals surface area contributed by atoms with E-state index >= 15 is 0 Å². The predicted octanol–water partition coefficient (Wildman–Crippen LogP) is 7.66. The van der Waals surface area contributed by atoms with Crippen molar-refractivity contribution in [2.24, 2.45) is 52.3 Å². The summed E-state index contributed by atoms with van der Waals surface area (Å²) in [5, 5.41) is 0. The van der Waals surface area contributed by atoms with E-state index in [0.29, 0.717) is 34.7 Å². The molecule has 0 aromatic heterocycles. The van der Waals surface area contributed by atoms with Gasteiger partial charge < -0.3 is 9.47 Å². The molecule has 0 spiro atoms. The molecule has 4 aliphatic rings. The Morgan fingerprint density at radius 1 is 0.939 bits per heavy atom. The van der Waals surface area contributed by atoms with E-state index in [1.165, 1.54) is 57.8 Å². The number of carbonyl (C=O) groups is 1. The number of rotatable bonds is 7. The summed E-state index contributed by atoms with van der Waals surface area (Å²) in [6, 6.07) is 0. The van der Waals surface area contributed by atoms with Crippen LogP contribution in [0.5, 0.6) is 0 Å². The summed E-state index contributed by atoms with van der Waals surface area (Å²) in [4.78, 5) is 12.2. The van der Waals surface area contributed by atoms with Crippen LogP contribution in [-0.4, -0.2) is 25.3 Å². The molecule has 4 aliphatic carbocycles. The molecule has 0 aliphatic heterocycles. The summed E-state index contributed by atoms with van der Waals surface area (Å²) in [6.45, 7) is 14.1. The third-order valence-corrected chi connectivity index (χ3v) is 11.5. The lowest BCUT2D eigenvalue weighted by molar-refractivity contribution is -0.195. The molecule has 3 nitrogen and oxygen atoms in total. The van der Waals surface area contributed by atoms with Crippen LogP contribution in [0.4, 0.5) is 0 Å². The minimum atomic E-state index is -0.0784. The average Bonchev–Trinajstić information content (AvgIpc) is 3.10. The van der Waals surface area contributed by atoms with E-state index in [-0.39, 0.29) is 12.1 Å². The van der Waals surface area contributed by atoms with Crippen molar-refractivity contribution in [3.05, 3.63) is 0 Å². The molecule has 0 bridgehead atoms. The van der Waals surface area contributed by atoms with Crippen molar-refractivity contribution >= 4 is 5.97 Å². The zero-order valence-electron chi connectivity index (χ0n) is 22.7. The van der Waals surface area contributed by atoms with Crippen molar-refractivity contribution in [2.45, 2.75) is 124 Å². The van der Waals surface area contributed by atoms with Gasteiger partial charge in [-0.3, -0.25) is 4.79 Å². The summed E-state index contributed by atoms with van der Waals surface area (Å²) < 4.78 is 12.0. The van der Waals surface area contributed by atoms with E-state index in [9.17, 15) is 4.79 Å². The smallest absolute Gasteiger partial charge is 0.302 e. The maximum Gasteiger partial charge on any atom is 0.302 e. The SMILES string of the molecule is CO[C@H]1CC[C@]2(C)C3CC[C@@]4(C)C(CC[C@@H]4C(C)CCCC(C)C)C3[C@H](OC(C)=O)C[C@H]2C1. The quantitative estimate of drug-likeness (QED) is 0.366. The first kappa shape index (κ1) is 25.5. The molecule has 0 heterocycles. The molecule has 0 aromatic rings. The molecule has 4 rings (SSSR count). The molecule has 190 valence electrons. The summed E-state index contributed by atoms with van der Waals surface area (Å²) in [7, 11) is 1.87. The molecule has 0 radical (unpaired) electrons. The van der Waals surface area contributed by atoms with Gasteiger partial charge in [-0.25, -0.2) is 0 Å². The van der Waals surface area contributed by atoms with Crippen molar-refractivity contribution in [1.29, 1.82) is 0 Å². The molecule has 4 unspecified atom stereocenters. The maximum atomic E-state index is 12.2. The lowest BCUT2D eigenvalue weighted by atomic mass is 9.43. The largest absolute Gasteiger partial charge is 0.462 e. The van der Waals surface area contributed by atoms with Gasteiger partial charge in [0.15, 0.2) is 0 Å². The second-order valence-corrected chi connectivity index (χ2v) is 13.5. The lowest BCUT2D eigenvalue weighted by Gasteiger charge is -2.63. The van der Waals surface area contributed by atoms with E-state index < -0.39 is 0 Å². The van der Waals surface area contributed by atoms with E-state index in [2.05, 4.69) is 34.6 Å². The summed E-state index contributed by atoms with van der Waals surface area (Å²) >= 11 is 0. The van der Waals surface area contributed by atoms with Crippen molar-refractivity contribution < 1.29 is 14.3 Å². The van der Waals surface area contributed by atoms with Crippen LogP contribution in [-0.2, 0) is 14.3 Å². The van der Waals surface area contributed by atoms with Gasteiger partial charge >= 0.3 is 5.97 Å². The molecule has 3 heteroatoms. The third-order valence-electron chi connectivity index (χ3n) is 11.5. The topological polar surface area (TPSA) is 35.5 Å². The summed E-state index contributed by atoms with van der Waals surface area (Å²) in [6.07, 6.45) is 14.7. The monoisotopic (exact) mass is 460 g/mol. The summed E-state index contributed by atoms with van der Waals surface area (Å²) in [5.41, 5.74) is 0.808. The second-order valence-electron chi connectivity index (χ2n) is 13.5. The lowest BCUT2D eigenvalue weighted by Crippen LogP contribution is -2.59. The minimum Gasteiger partial charge on any atom is -0.462 e. The van der Waals surface area contributed by atoms with E-state index in [1.54, 1.807) is 6.92 Å². The van der Waals surface area contributed by atoms with Crippen LogP contribution in [0.25, 0.3) is 0 Å². The Kier molecular flexibility index (Phi) is 7.60. The van der Waals surface area contributed by atoms with Crippen molar-refractivity contribution in [3.8, 4) is 0 Å². The maximum absolute atomic E-state index is 12.2. The predicted molar refractivity (Wildman–Crippen MR) is 135 cm³/mol. The third kappa shape index (κ3) is 4.66. The fourth-order valence-electron chi connectivity index (χ4n) is 9.73. The normalized spacial score (nSPS) is 45.8. The van der Waals surface area contributed by atoms with Crippen LogP contribution in [0.2, 0.25) is 0 Å². The second kappa shape index (κ2) is 9.82. The van der Waals surface area contributed by atoms with Crippen LogP contribution < -0.4 is 0 Å². The highest BCUT2D eigenvalue weighted by atomic mass is 16.5. The fourth-order valence-corrected chi connectivity index (χ4v) is 9.73. The number of esters is 1. The number of hydrogen-bond donors (Lipinski definition) is 0. The highest BCUT2D eigenvalue weighted by molar-refractivity contribution is 5.66. The minimum absolute atomic E-state index is 0.0784. The van der Waals surface area contributed by atoms with Crippen molar-refractivity contribution in [3.63, 3.8) is 0 Å². The van der Waals surface area contributed by atoms with E-state index in [4.69, 9.17) is 9.47 Å². The molecule has 0 amide bonds. The van der Waals surface area contributed by atoms with Crippen LogP contribution in [0.1, 0.15) is 112 Å². The van der Waals surface area contributed by atoms with Crippen molar-refractivity contribution in [2.75, 3.05) is 7.11 Å². The number of carbonyl (C=O) groups excluding carboxylic acids is 1. The van der Waals surface area contributed by atoms with Crippen LogP contribution in [0.15, 0.2) is 0 Å². The molecule has 0 aromatic carbocycles. The Morgan fingerprint density at radius 2 is 1.64 bits per heavy atom. The standard InChI is InChI=1S/C30H52O3/c1-19(2)9-8-10-20(3)24-11-12-25-28-26(14-16-30(24,25)6)29(5)15-13-23(32-7)17-22(29)18-27(28)33-21(4)31/h19-20,22-28H,8-18H2,1-7H3/t20?,22-,23+,24-,25?,26?,27-,28?,29+,30-/m1/s1. The van der Waals surface area contributed by atoms with Crippen LogP contribution in [0.3, 0.4) is 0 Å². The van der Waals surface area contributed by atoms with Gasteiger partial charge in [0.2, 0.25) is 0 Å². The molecule has 4 saturated carbocycles. The molecule has 33 heavy (non-hydrogen) atoms. The Bertz CT molecular complexity index is 688. The average molecular weight is 461 g/mol. The first-order valence-electron chi connectivity index (χ1n) is 14.3. The molecular formula is C30H52O3. The van der Waals surface area contributed by atoms with Gasteiger partial charge in [0.1, 0.15) is 6.10 Å². The zero-order valence-corrected chi connectivity index (χ0v) is 22.7. The van der Waals surface area contributed by atoms with Gasteiger partial charge in [0, 0.05) is 20.0 Å². The Labute approximate surface area is 204 Å². The summed E-state index contributed by atoms with van der Waals surface area (Å²) in [5.74, 6) is 4.98. The first-order chi connectivity index (χ1) is 15.6. The molecular weight excluding hydrogens is 408 g/mol. The Balaban J connectivity index is 1.57. The Hall–Kier alpha value is -0.570. The molecule has 4 fully saturated rings. The van der Waals surface area contributed by atoms with E-state index in [1.807, 2.05) is 7.11 Å². The van der Waals surface area contributed by atoms with Gasteiger partial charge in [-0.1, -0.05) is 53.9 Å². The van der Waals surface area contributed by atoms with Crippen LogP contribution in [0, 0.1) is 52.3 Å². The van der Waals surface area contributed by atoms with E-state index in [0.717, 1.165) is 36.5 Å². The first-order valence-corrected chi connectivity index (χ1v) is 14.3. The molecule has 0 N–H and O–H groups in total. The highest BCUT2D eigenvalue weighted by Crippen LogP contribution is 2.68. The molecule has 0 saturated heterocycles. The Morgan fingerprint density at radius 3 is 2.30 bits per heavy atom. The van der Waals surface area contributed by atoms with Gasteiger partial charge in [-0.2, -0.15) is 0 Å². The van der Waals surface area contributed by atoms with Gasteiger partial charge in [-0.15, -0.1) is 0 Å². The molecule has 10 atom stereocenters. The number of ether oxygens (including phenoxy) is 2. The fraction of sp³-hybridized carbons (Fsp3) is 0.967. The van der Waals surface area contributed by atoms with Crippen LogP contribution >= 0.6 is 0 Å². The van der Waals surface area contributed by atoms with Crippen molar-refractivity contribution in [1.82, 2.24) is 0 Å². The van der Waals surface area contributed by atoms with Gasteiger partial charge in [0.05, 0.1) is 6.10 Å². The number of hydrogen-bond acceptors (Lipinski definition) is 3. The number of methoxy groups -OCH3 is 1.